The molecule has 2 aromatic carbocycles. The molecule has 1 aliphatic carbocycles. The van der Waals surface area contributed by atoms with Crippen LogP contribution in [-0.4, -0.2) is 5.11 Å². The average molecular weight is 437 g/mol. The lowest BCUT2D eigenvalue weighted by atomic mass is 9.81. The first-order valence-corrected chi connectivity index (χ1v) is 12.0. The molecule has 1 saturated carbocycles. The number of hydrogen-bond acceptors (Lipinski definition) is 1. The van der Waals surface area contributed by atoms with Gasteiger partial charge in [0.2, 0.25) is 0 Å². The highest BCUT2D eigenvalue weighted by atomic mass is 16.3. The molecule has 2 aromatic rings. The molecule has 0 unspecified atom stereocenters. The molecule has 0 bridgehead atoms. The van der Waals surface area contributed by atoms with E-state index in [0.717, 1.165) is 22.3 Å². The lowest BCUT2D eigenvalue weighted by Crippen LogP contribution is -2.06. The molecule has 33 heavy (non-hydrogen) atoms. The van der Waals surface area contributed by atoms with Crippen LogP contribution in [0.1, 0.15) is 86.6 Å². The molecule has 0 radical (unpaired) electrons. The molecule has 0 aliphatic heterocycles. The molecule has 0 aromatic heterocycles. The van der Waals surface area contributed by atoms with Gasteiger partial charge in [0.1, 0.15) is 0 Å². The Morgan fingerprint density at radius 2 is 1.55 bits per heavy atom. The van der Waals surface area contributed by atoms with Crippen molar-refractivity contribution in [2.45, 2.75) is 65.7 Å². The fourth-order valence-electron chi connectivity index (χ4n) is 3.80. The Hall–Kier alpha value is -3.42. The number of aliphatic hydroxyl groups is 1. The maximum absolute atomic E-state index is 9.39. The summed E-state index contributed by atoms with van der Waals surface area (Å²) < 4.78 is 0. The summed E-state index contributed by atoms with van der Waals surface area (Å²) in [5.41, 5.74) is 6.45. The van der Waals surface area contributed by atoms with Crippen LogP contribution in [0.3, 0.4) is 0 Å². The van der Waals surface area contributed by atoms with E-state index >= 15 is 0 Å². The van der Waals surface area contributed by atoms with Crippen molar-refractivity contribution in [2.75, 3.05) is 0 Å². The van der Waals surface area contributed by atoms with Crippen molar-refractivity contribution in [2.24, 2.45) is 0 Å². The van der Waals surface area contributed by atoms with Crippen LogP contribution in [0.5, 0.6) is 0 Å². The van der Waals surface area contributed by atoms with E-state index in [1.165, 1.54) is 43.2 Å². The zero-order valence-electron chi connectivity index (χ0n) is 20.5. The maximum Gasteiger partial charge on any atom is 0.0892 e. The molecule has 3 rings (SSSR count). The van der Waals surface area contributed by atoms with Gasteiger partial charge in [0, 0.05) is 22.3 Å². The van der Waals surface area contributed by atoms with Crippen LogP contribution >= 0.6 is 0 Å². The van der Waals surface area contributed by atoms with Gasteiger partial charge in [-0.05, 0) is 80.7 Å². The number of aliphatic hydroxyl groups excluding tert-OH is 1. The second-order valence-electron chi connectivity index (χ2n) is 8.14. The van der Waals surface area contributed by atoms with Crippen LogP contribution in [0.25, 0.3) is 0 Å². The molecule has 0 atom stereocenters. The van der Waals surface area contributed by atoms with E-state index in [1.807, 2.05) is 13.8 Å². The number of allylic oxidation sites excluding steroid dienone is 5. The molecule has 1 nitrogen and oxygen atoms in total. The summed E-state index contributed by atoms with van der Waals surface area (Å²) in [5, 5.41) is 9.39. The Kier molecular flexibility index (Phi) is 10.9. The summed E-state index contributed by atoms with van der Waals surface area (Å²) in [5.74, 6) is 14.0. The monoisotopic (exact) mass is 436 g/mol. The van der Waals surface area contributed by atoms with Crippen LogP contribution in [0.2, 0.25) is 0 Å². The normalized spacial score (nSPS) is 14.1. The van der Waals surface area contributed by atoms with E-state index in [1.54, 1.807) is 25.2 Å². The van der Waals surface area contributed by atoms with Crippen molar-refractivity contribution in [3.63, 3.8) is 0 Å². The van der Waals surface area contributed by atoms with E-state index in [-0.39, 0.29) is 5.76 Å². The molecule has 1 fully saturated rings. The number of rotatable bonds is 3. The van der Waals surface area contributed by atoms with Crippen molar-refractivity contribution >= 4 is 0 Å². The van der Waals surface area contributed by atoms with Crippen LogP contribution in [0.4, 0.5) is 0 Å². The first-order valence-electron chi connectivity index (χ1n) is 12.0. The van der Waals surface area contributed by atoms with E-state index in [4.69, 9.17) is 0 Å². The number of benzene rings is 2. The van der Waals surface area contributed by atoms with Gasteiger partial charge in [-0.25, -0.2) is 0 Å². The Labute approximate surface area is 201 Å². The standard InChI is InChI=1S/C30H30O.C2H6/c1-4-25(15-12-24(3)31)18-20-29-21-19-27(17-16-26-13-10-23(2)11-14-26)22-30(29)28-8-6-5-7-9-28;1-2/h4,10-15,19,21-22,28,31H,1,5-9H2,2-3H3;1-2H3/b24-12+,25-15+;. The third-order valence-corrected chi connectivity index (χ3v) is 5.56. The largest absolute Gasteiger partial charge is 0.513 e. The van der Waals surface area contributed by atoms with Gasteiger partial charge in [0.05, 0.1) is 5.76 Å². The van der Waals surface area contributed by atoms with Crippen molar-refractivity contribution in [3.8, 4) is 23.7 Å². The molecule has 1 N–H and O–H groups in total. The summed E-state index contributed by atoms with van der Waals surface area (Å²) in [4.78, 5) is 0. The van der Waals surface area contributed by atoms with Gasteiger partial charge >= 0.3 is 0 Å². The molecule has 0 heterocycles. The molecular weight excluding hydrogens is 400 g/mol. The van der Waals surface area contributed by atoms with Gasteiger partial charge in [-0.1, -0.05) is 87.1 Å². The zero-order valence-corrected chi connectivity index (χ0v) is 20.5. The second kappa shape index (κ2) is 13.9. The SMILES string of the molecule is C=C/C(C#Cc1ccc(C#Cc2ccc(C)cc2)cc1C1CCCCC1)=C\C=C(/C)O.CC. The highest BCUT2D eigenvalue weighted by Crippen LogP contribution is 2.34. The first kappa shape index (κ1) is 25.8. The van der Waals surface area contributed by atoms with Gasteiger partial charge in [0.15, 0.2) is 0 Å². The van der Waals surface area contributed by atoms with E-state index in [2.05, 4.69) is 79.6 Å². The summed E-state index contributed by atoms with van der Waals surface area (Å²) in [7, 11) is 0. The fraction of sp³-hybridized carbons (Fsp3) is 0.312. The highest BCUT2D eigenvalue weighted by Gasteiger charge is 2.18. The Morgan fingerprint density at radius 3 is 2.18 bits per heavy atom. The quantitative estimate of drug-likeness (QED) is 0.291. The van der Waals surface area contributed by atoms with Gasteiger partial charge in [-0.15, -0.1) is 0 Å². The van der Waals surface area contributed by atoms with E-state index < -0.39 is 0 Å². The lowest BCUT2D eigenvalue weighted by Gasteiger charge is -2.23. The van der Waals surface area contributed by atoms with Crippen LogP contribution < -0.4 is 0 Å². The zero-order chi connectivity index (χ0) is 24.1. The Morgan fingerprint density at radius 1 is 0.909 bits per heavy atom. The average Bonchev–Trinajstić information content (AvgIpc) is 2.86. The summed E-state index contributed by atoms with van der Waals surface area (Å²) >= 11 is 0. The predicted octanol–water partition coefficient (Wildman–Crippen LogP) is 8.39. The minimum atomic E-state index is 0.251. The molecular formula is C32H36O. The lowest BCUT2D eigenvalue weighted by molar-refractivity contribution is 0.414. The molecule has 0 spiro atoms. The van der Waals surface area contributed by atoms with Gasteiger partial charge in [-0.2, -0.15) is 0 Å². The van der Waals surface area contributed by atoms with Crippen LogP contribution in [0, 0.1) is 30.6 Å². The van der Waals surface area contributed by atoms with Crippen molar-refractivity contribution < 1.29 is 5.11 Å². The number of aryl methyl sites for hydroxylation is 1. The van der Waals surface area contributed by atoms with E-state index in [9.17, 15) is 5.11 Å². The summed E-state index contributed by atoms with van der Waals surface area (Å²) in [6, 6.07) is 14.7. The molecule has 0 amide bonds. The smallest absolute Gasteiger partial charge is 0.0892 e. The van der Waals surface area contributed by atoms with Crippen molar-refractivity contribution in [1.29, 1.82) is 0 Å². The summed E-state index contributed by atoms with van der Waals surface area (Å²) in [6.07, 6.45) is 11.4. The topological polar surface area (TPSA) is 20.2 Å². The molecule has 1 aliphatic rings. The number of hydrogen-bond donors (Lipinski definition) is 1. The van der Waals surface area contributed by atoms with E-state index in [0.29, 0.717) is 5.92 Å². The van der Waals surface area contributed by atoms with Gasteiger partial charge in [0.25, 0.3) is 0 Å². The molecule has 0 saturated heterocycles. The minimum absolute atomic E-state index is 0.251. The highest BCUT2D eigenvalue weighted by molar-refractivity contribution is 5.53. The first-order chi connectivity index (χ1) is 16.0. The molecule has 1 heteroatoms. The Balaban J connectivity index is 0.00000187. The van der Waals surface area contributed by atoms with Crippen LogP contribution in [-0.2, 0) is 0 Å². The van der Waals surface area contributed by atoms with Crippen molar-refractivity contribution in [1.82, 2.24) is 0 Å². The van der Waals surface area contributed by atoms with Gasteiger partial charge in [-0.3, -0.25) is 0 Å². The fourth-order valence-corrected chi connectivity index (χ4v) is 3.80. The summed E-state index contributed by atoms with van der Waals surface area (Å²) in [6.45, 7) is 11.6. The third kappa shape index (κ3) is 8.56. The van der Waals surface area contributed by atoms with Crippen molar-refractivity contribution in [3.05, 3.63) is 106 Å². The minimum Gasteiger partial charge on any atom is -0.513 e. The van der Waals surface area contributed by atoms with Gasteiger partial charge < -0.3 is 5.11 Å². The third-order valence-electron chi connectivity index (χ3n) is 5.56. The Bertz CT molecular complexity index is 1100. The second-order valence-corrected chi connectivity index (χ2v) is 8.14. The van der Waals surface area contributed by atoms with Crippen LogP contribution in [0.15, 0.2) is 78.6 Å². The predicted molar refractivity (Wildman–Crippen MR) is 142 cm³/mol. The maximum atomic E-state index is 9.39. The molecule has 170 valence electrons.